The van der Waals surface area contributed by atoms with E-state index in [1.165, 1.54) is 16.8 Å². The monoisotopic (exact) mass is 374 g/mol. The van der Waals surface area contributed by atoms with Crippen molar-refractivity contribution in [2.45, 2.75) is 25.7 Å². The highest BCUT2D eigenvalue weighted by Crippen LogP contribution is 2.26. The van der Waals surface area contributed by atoms with Gasteiger partial charge in [-0.05, 0) is 67.8 Å². The summed E-state index contributed by atoms with van der Waals surface area (Å²) in [5.74, 6) is 0.698. The number of rotatable bonds is 4. The molecule has 0 N–H and O–H groups in total. The fourth-order valence-corrected chi connectivity index (χ4v) is 4.99. The lowest BCUT2D eigenvalue weighted by atomic mass is 10.1. The van der Waals surface area contributed by atoms with Crippen molar-refractivity contribution in [2.24, 2.45) is 0 Å². The van der Waals surface area contributed by atoms with E-state index in [0.717, 1.165) is 5.56 Å². The van der Waals surface area contributed by atoms with Gasteiger partial charge in [-0.3, -0.25) is 0 Å². The van der Waals surface area contributed by atoms with Crippen molar-refractivity contribution in [3.05, 3.63) is 53.1 Å². The minimum Gasteiger partial charge on any atom is -0.496 e. The molecule has 3 rings (SSSR count). The van der Waals surface area contributed by atoms with Gasteiger partial charge in [0.25, 0.3) is 0 Å². The van der Waals surface area contributed by atoms with Crippen LogP contribution in [0.15, 0.2) is 41.3 Å². The third kappa shape index (κ3) is 3.71. The standard InChI is InChI=1S/C20H26N2O3S/c1-15-11-16(2)13-18(12-15)21-7-9-22(10-8-21)26(23,24)19-5-6-20(25-4)17(3)14-19/h5-6,11-14H,7-10H2,1-4H3. The Bertz CT molecular complexity index is 881. The van der Waals surface area contributed by atoms with Gasteiger partial charge in [-0.25, -0.2) is 8.42 Å². The Morgan fingerprint density at radius 2 is 1.50 bits per heavy atom. The second kappa shape index (κ2) is 7.29. The van der Waals surface area contributed by atoms with Gasteiger partial charge in [0.05, 0.1) is 12.0 Å². The zero-order valence-electron chi connectivity index (χ0n) is 15.8. The maximum Gasteiger partial charge on any atom is 0.243 e. The summed E-state index contributed by atoms with van der Waals surface area (Å²) in [6.07, 6.45) is 0. The van der Waals surface area contributed by atoms with Crippen LogP contribution in [0.2, 0.25) is 0 Å². The molecular formula is C20H26N2O3S. The van der Waals surface area contributed by atoms with Gasteiger partial charge in [-0.15, -0.1) is 0 Å². The maximum absolute atomic E-state index is 13.0. The number of aryl methyl sites for hydroxylation is 3. The fourth-order valence-electron chi connectivity index (χ4n) is 3.48. The van der Waals surface area contributed by atoms with E-state index in [4.69, 9.17) is 4.74 Å². The fraction of sp³-hybridized carbons (Fsp3) is 0.400. The highest BCUT2D eigenvalue weighted by Gasteiger charge is 2.29. The van der Waals surface area contributed by atoms with Crippen LogP contribution in [-0.4, -0.2) is 46.0 Å². The van der Waals surface area contributed by atoms with Crippen LogP contribution in [0, 0.1) is 20.8 Å². The molecule has 0 spiro atoms. The van der Waals surface area contributed by atoms with Gasteiger partial charge in [0.1, 0.15) is 5.75 Å². The molecule has 1 saturated heterocycles. The Hall–Kier alpha value is -2.05. The van der Waals surface area contributed by atoms with E-state index in [-0.39, 0.29) is 0 Å². The summed E-state index contributed by atoms with van der Waals surface area (Å²) < 4.78 is 32.7. The molecule has 6 heteroatoms. The third-order valence-corrected chi connectivity index (χ3v) is 6.71. The molecule has 0 unspecified atom stereocenters. The molecule has 0 saturated carbocycles. The van der Waals surface area contributed by atoms with Gasteiger partial charge in [0.2, 0.25) is 10.0 Å². The number of nitrogens with zero attached hydrogens (tertiary/aromatic N) is 2. The lowest BCUT2D eigenvalue weighted by Gasteiger charge is -2.35. The molecule has 1 aliphatic rings. The summed E-state index contributed by atoms with van der Waals surface area (Å²) >= 11 is 0. The minimum atomic E-state index is -3.48. The molecule has 1 heterocycles. The van der Waals surface area contributed by atoms with Crippen LogP contribution in [-0.2, 0) is 10.0 Å². The highest BCUT2D eigenvalue weighted by atomic mass is 32.2. The van der Waals surface area contributed by atoms with E-state index >= 15 is 0 Å². The van der Waals surface area contributed by atoms with Crippen molar-refractivity contribution in [3.8, 4) is 5.75 Å². The Labute approximate surface area is 156 Å². The average Bonchev–Trinajstić information content (AvgIpc) is 2.61. The molecule has 26 heavy (non-hydrogen) atoms. The smallest absolute Gasteiger partial charge is 0.243 e. The Balaban J connectivity index is 1.75. The van der Waals surface area contributed by atoms with Gasteiger partial charge in [-0.2, -0.15) is 4.31 Å². The van der Waals surface area contributed by atoms with E-state index in [1.54, 1.807) is 29.6 Å². The first kappa shape index (κ1) is 18.7. The van der Waals surface area contributed by atoms with Crippen LogP contribution in [0.1, 0.15) is 16.7 Å². The van der Waals surface area contributed by atoms with Crippen LogP contribution >= 0.6 is 0 Å². The number of piperazine rings is 1. The molecule has 0 atom stereocenters. The summed E-state index contributed by atoms with van der Waals surface area (Å²) in [6, 6.07) is 11.5. The van der Waals surface area contributed by atoms with Gasteiger partial charge >= 0.3 is 0 Å². The second-order valence-electron chi connectivity index (χ2n) is 6.87. The predicted octanol–water partition coefficient (Wildman–Crippen LogP) is 3.13. The lowest BCUT2D eigenvalue weighted by Crippen LogP contribution is -2.48. The molecule has 0 aromatic heterocycles. The first-order chi connectivity index (χ1) is 12.3. The average molecular weight is 375 g/mol. The van der Waals surface area contributed by atoms with E-state index in [0.29, 0.717) is 36.8 Å². The van der Waals surface area contributed by atoms with Crippen LogP contribution < -0.4 is 9.64 Å². The van der Waals surface area contributed by atoms with Crippen LogP contribution in [0.4, 0.5) is 5.69 Å². The summed E-state index contributed by atoms with van der Waals surface area (Å²) in [7, 11) is -1.89. The second-order valence-corrected chi connectivity index (χ2v) is 8.81. The molecule has 0 amide bonds. The van der Waals surface area contributed by atoms with Crippen LogP contribution in [0.5, 0.6) is 5.75 Å². The first-order valence-electron chi connectivity index (χ1n) is 8.79. The molecule has 0 bridgehead atoms. The minimum absolute atomic E-state index is 0.329. The summed E-state index contributed by atoms with van der Waals surface area (Å²) in [4.78, 5) is 2.58. The highest BCUT2D eigenvalue weighted by molar-refractivity contribution is 7.89. The summed E-state index contributed by atoms with van der Waals surface area (Å²) in [6.45, 7) is 8.39. The number of sulfonamides is 1. The zero-order valence-corrected chi connectivity index (χ0v) is 16.6. The number of benzene rings is 2. The molecule has 5 nitrogen and oxygen atoms in total. The largest absolute Gasteiger partial charge is 0.496 e. The molecular weight excluding hydrogens is 348 g/mol. The molecule has 140 valence electrons. The Morgan fingerprint density at radius 3 is 2.04 bits per heavy atom. The lowest BCUT2D eigenvalue weighted by molar-refractivity contribution is 0.384. The van der Waals surface area contributed by atoms with Gasteiger partial charge in [-0.1, -0.05) is 6.07 Å². The molecule has 2 aromatic rings. The van der Waals surface area contributed by atoms with E-state index in [2.05, 4.69) is 36.9 Å². The number of ether oxygens (including phenoxy) is 1. The van der Waals surface area contributed by atoms with Crippen molar-refractivity contribution in [1.82, 2.24) is 4.31 Å². The van der Waals surface area contributed by atoms with E-state index in [1.807, 2.05) is 6.92 Å². The number of hydrogen-bond donors (Lipinski definition) is 0. The Morgan fingerprint density at radius 1 is 0.885 bits per heavy atom. The quantitative estimate of drug-likeness (QED) is 0.825. The third-order valence-electron chi connectivity index (χ3n) is 4.81. The topological polar surface area (TPSA) is 49.9 Å². The van der Waals surface area contributed by atoms with Crippen molar-refractivity contribution >= 4 is 15.7 Å². The predicted molar refractivity (Wildman–Crippen MR) is 105 cm³/mol. The van der Waals surface area contributed by atoms with Gasteiger partial charge in [0.15, 0.2) is 0 Å². The summed E-state index contributed by atoms with van der Waals surface area (Å²) in [5, 5.41) is 0. The van der Waals surface area contributed by atoms with E-state index < -0.39 is 10.0 Å². The zero-order chi connectivity index (χ0) is 18.9. The molecule has 0 aliphatic carbocycles. The SMILES string of the molecule is COc1ccc(S(=O)(=O)N2CCN(c3cc(C)cc(C)c3)CC2)cc1C. The summed E-state index contributed by atoms with van der Waals surface area (Å²) in [5.41, 5.74) is 4.44. The molecule has 1 fully saturated rings. The molecule has 0 radical (unpaired) electrons. The molecule has 1 aliphatic heterocycles. The van der Waals surface area contributed by atoms with Crippen molar-refractivity contribution in [3.63, 3.8) is 0 Å². The van der Waals surface area contributed by atoms with Gasteiger partial charge in [0, 0.05) is 31.9 Å². The van der Waals surface area contributed by atoms with Crippen molar-refractivity contribution in [1.29, 1.82) is 0 Å². The van der Waals surface area contributed by atoms with Gasteiger partial charge < -0.3 is 9.64 Å². The number of hydrogen-bond acceptors (Lipinski definition) is 4. The normalized spacial score (nSPS) is 15.9. The maximum atomic E-state index is 13.0. The van der Waals surface area contributed by atoms with E-state index in [9.17, 15) is 8.42 Å². The van der Waals surface area contributed by atoms with Crippen molar-refractivity contribution < 1.29 is 13.2 Å². The van der Waals surface area contributed by atoms with Crippen molar-refractivity contribution in [2.75, 3.05) is 38.2 Å². The number of methoxy groups -OCH3 is 1. The van der Waals surface area contributed by atoms with Crippen LogP contribution in [0.25, 0.3) is 0 Å². The number of anilines is 1. The first-order valence-corrected chi connectivity index (χ1v) is 10.2. The Kier molecular flexibility index (Phi) is 5.25. The molecule has 2 aromatic carbocycles. The van der Waals surface area contributed by atoms with Crippen LogP contribution in [0.3, 0.4) is 0 Å².